The fourth-order valence-electron chi connectivity index (χ4n) is 3.63. The summed E-state index contributed by atoms with van der Waals surface area (Å²) in [6.45, 7) is 0. The highest BCUT2D eigenvalue weighted by Gasteiger charge is 2.36. The molecule has 148 valence electrons. The number of para-hydroxylation sites is 1. The third kappa shape index (κ3) is 3.42. The van der Waals surface area contributed by atoms with Gasteiger partial charge in [0.25, 0.3) is 0 Å². The number of benzene rings is 2. The van der Waals surface area contributed by atoms with Crippen LogP contribution in [0.1, 0.15) is 34.1 Å². The van der Waals surface area contributed by atoms with Gasteiger partial charge in [-0.15, -0.1) is 0 Å². The van der Waals surface area contributed by atoms with Crippen molar-refractivity contribution in [3.05, 3.63) is 99.5 Å². The van der Waals surface area contributed by atoms with Crippen molar-refractivity contribution < 1.29 is 9.21 Å². The number of hydrogen-bond donors (Lipinski definition) is 0. The fraction of sp³-hybridized carbons (Fsp3) is 0.0870. The first kappa shape index (κ1) is 19.0. The molecule has 0 bridgehead atoms. The predicted octanol–water partition coefficient (Wildman–Crippen LogP) is 6.24. The topological polar surface area (TPSA) is 58.7 Å². The minimum absolute atomic E-state index is 0.204. The summed E-state index contributed by atoms with van der Waals surface area (Å²) in [5.41, 5.74) is 3.33. The first-order valence-corrected chi connectivity index (χ1v) is 10.5. The van der Waals surface area contributed by atoms with E-state index in [0.29, 0.717) is 16.2 Å². The van der Waals surface area contributed by atoms with Gasteiger partial charge in [-0.05, 0) is 45.8 Å². The molecule has 0 fully saturated rings. The number of halogens is 2. The lowest BCUT2D eigenvalue weighted by molar-refractivity contribution is 0.0677. The van der Waals surface area contributed by atoms with Crippen molar-refractivity contribution in [3.63, 3.8) is 0 Å². The molecule has 3 heterocycles. The zero-order valence-electron chi connectivity index (χ0n) is 15.6. The number of carbonyl (C=O) groups excluding carboxylic acids is 1. The zero-order chi connectivity index (χ0) is 20.7. The Morgan fingerprint density at radius 3 is 2.60 bits per heavy atom. The maximum absolute atomic E-state index is 13.2. The second-order valence-corrected chi connectivity index (χ2v) is 8.09. The van der Waals surface area contributed by atoms with Crippen molar-refractivity contribution in [3.8, 4) is 0 Å². The molecule has 1 aliphatic heterocycles. The van der Waals surface area contributed by atoms with Gasteiger partial charge in [0.05, 0.1) is 17.3 Å². The molecule has 5 nitrogen and oxygen atoms in total. The van der Waals surface area contributed by atoms with Crippen LogP contribution in [0.2, 0.25) is 5.15 Å². The SMILES string of the molecule is O=C(c1ccc(Br)o1)N1N=C(c2ccccc2)CC1c1cc2ccccc2nc1Cl. The first-order chi connectivity index (χ1) is 14.6. The van der Waals surface area contributed by atoms with Crippen LogP contribution >= 0.6 is 27.5 Å². The molecule has 0 saturated carbocycles. The maximum Gasteiger partial charge on any atom is 0.310 e. The lowest BCUT2D eigenvalue weighted by Gasteiger charge is -2.22. The zero-order valence-corrected chi connectivity index (χ0v) is 18.0. The molecule has 1 amide bonds. The van der Waals surface area contributed by atoms with E-state index in [9.17, 15) is 4.79 Å². The number of furan rings is 1. The van der Waals surface area contributed by atoms with Gasteiger partial charge in [-0.2, -0.15) is 5.10 Å². The second-order valence-electron chi connectivity index (χ2n) is 6.95. The van der Waals surface area contributed by atoms with Gasteiger partial charge < -0.3 is 4.42 Å². The van der Waals surface area contributed by atoms with Crippen molar-refractivity contribution >= 4 is 50.1 Å². The quantitative estimate of drug-likeness (QED) is 0.326. The Kier molecular flexibility index (Phi) is 4.89. The summed E-state index contributed by atoms with van der Waals surface area (Å²) in [6.07, 6.45) is 0.525. The number of rotatable bonds is 3. The molecule has 2 aromatic heterocycles. The summed E-state index contributed by atoms with van der Waals surface area (Å²) in [5, 5.41) is 7.43. The molecular weight excluding hydrogens is 466 g/mol. The number of pyridine rings is 1. The van der Waals surface area contributed by atoms with Crippen LogP contribution in [0.5, 0.6) is 0 Å². The summed E-state index contributed by atoms with van der Waals surface area (Å²) < 4.78 is 5.98. The van der Waals surface area contributed by atoms with Gasteiger partial charge in [0.15, 0.2) is 10.4 Å². The van der Waals surface area contributed by atoms with E-state index in [2.05, 4.69) is 26.0 Å². The van der Waals surface area contributed by atoms with Crippen molar-refractivity contribution in [1.29, 1.82) is 0 Å². The van der Waals surface area contributed by atoms with E-state index in [-0.39, 0.29) is 17.7 Å². The third-order valence-electron chi connectivity index (χ3n) is 5.07. The standard InChI is InChI=1S/C23H15BrClN3O2/c24-21-11-10-20(30-21)23(29)28-19(13-18(27-28)14-6-2-1-3-7-14)16-12-15-8-4-5-9-17(15)26-22(16)25/h1-12,19H,13H2. The molecule has 0 N–H and O–H groups in total. The Balaban J connectivity index is 1.61. The lowest BCUT2D eigenvalue weighted by atomic mass is 9.98. The molecule has 1 aliphatic rings. The molecule has 5 rings (SSSR count). The first-order valence-electron chi connectivity index (χ1n) is 9.37. The number of aromatic nitrogens is 1. The van der Waals surface area contributed by atoms with Gasteiger partial charge in [-0.3, -0.25) is 4.79 Å². The lowest BCUT2D eigenvalue weighted by Crippen LogP contribution is -2.27. The summed E-state index contributed by atoms with van der Waals surface area (Å²) in [5.74, 6) is -0.129. The van der Waals surface area contributed by atoms with Gasteiger partial charge >= 0.3 is 5.91 Å². The van der Waals surface area contributed by atoms with E-state index in [1.807, 2.05) is 60.7 Å². The highest BCUT2D eigenvalue weighted by atomic mass is 79.9. The molecule has 0 spiro atoms. The number of nitrogens with zero attached hydrogens (tertiary/aromatic N) is 3. The van der Waals surface area contributed by atoms with Gasteiger partial charge in [-0.1, -0.05) is 60.1 Å². The smallest absolute Gasteiger partial charge is 0.310 e. The van der Waals surface area contributed by atoms with Crippen molar-refractivity contribution in [2.24, 2.45) is 5.10 Å². The van der Waals surface area contributed by atoms with Crippen LogP contribution in [0.25, 0.3) is 10.9 Å². The van der Waals surface area contributed by atoms with E-state index < -0.39 is 0 Å². The summed E-state index contributed by atoms with van der Waals surface area (Å²) in [6, 6.07) is 22.5. The van der Waals surface area contributed by atoms with Crippen molar-refractivity contribution in [1.82, 2.24) is 9.99 Å². The van der Waals surface area contributed by atoms with Crippen LogP contribution in [0, 0.1) is 0 Å². The van der Waals surface area contributed by atoms with Crippen LogP contribution in [-0.4, -0.2) is 21.6 Å². The van der Waals surface area contributed by atoms with Gasteiger partial charge in [0.1, 0.15) is 5.15 Å². The molecule has 0 radical (unpaired) electrons. The monoisotopic (exact) mass is 479 g/mol. The molecule has 30 heavy (non-hydrogen) atoms. The second kappa shape index (κ2) is 7.70. The van der Waals surface area contributed by atoms with E-state index in [0.717, 1.165) is 27.7 Å². The summed E-state index contributed by atoms with van der Waals surface area (Å²) >= 11 is 9.82. The Labute approximate surface area is 186 Å². The molecule has 0 aliphatic carbocycles. The Bertz CT molecular complexity index is 1290. The fourth-order valence-corrected chi connectivity index (χ4v) is 4.21. The van der Waals surface area contributed by atoms with Gasteiger partial charge in [0.2, 0.25) is 0 Å². The van der Waals surface area contributed by atoms with E-state index >= 15 is 0 Å². The number of hydrogen-bond acceptors (Lipinski definition) is 4. The Morgan fingerprint density at radius 2 is 1.83 bits per heavy atom. The molecular formula is C23H15BrClN3O2. The molecule has 0 saturated heterocycles. The Morgan fingerprint density at radius 1 is 1.07 bits per heavy atom. The largest absolute Gasteiger partial charge is 0.444 e. The average molecular weight is 481 g/mol. The summed E-state index contributed by atoms with van der Waals surface area (Å²) in [4.78, 5) is 17.8. The molecule has 4 aromatic rings. The van der Waals surface area contributed by atoms with Crippen LogP contribution in [0.15, 0.2) is 87.0 Å². The average Bonchev–Trinajstić information content (AvgIpc) is 3.40. The number of carbonyl (C=O) groups is 1. The molecule has 2 aromatic carbocycles. The summed E-state index contributed by atoms with van der Waals surface area (Å²) in [7, 11) is 0. The molecule has 7 heteroatoms. The van der Waals surface area contributed by atoms with Crippen molar-refractivity contribution in [2.45, 2.75) is 12.5 Å². The minimum atomic E-state index is -0.388. The van der Waals surface area contributed by atoms with Crippen molar-refractivity contribution in [2.75, 3.05) is 0 Å². The molecule has 1 atom stereocenters. The highest BCUT2D eigenvalue weighted by molar-refractivity contribution is 9.10. The van der Waals surface area contributed by atoms with Gasteiger partial charge in [-0.25, -0.2) is 9.99 Å². The number of fused-ring (bicyclic) bond motifs is 1. The molecule has 1 unspecified atom stereocenters. The van der Waals surface area contributed by atoms with E-state index in [4.69, 9.17) is 16.0 Å². The predicted molar refractivity (Wildman–Crippen MR) is 120 cm³/mol. The number of hydrazone groups is 1. The van der Waals surface area contributed by atoms with Crippen LogP contribution in [-0.2, 0) is 0 Å². The van der Waals surface area contributed by atoms with E-state index in [1.54, 1.807) is 12.1 Å². The number of amides is 1. The minimum Gasteiger partial charge on any atom is -0.444 e. The van der Waals surface area contributed by atoms with Crippen LogP contribution in [0.3, 0.4) is 0 Å². The normalized spacial score (nSPS) is 16.1. The van der Waals surface area contributed by atoms with Gasteiger partial charge in [0, 0.05) is 17.4 Å². The Hall–Kier alpha value is -2.96. The highest BCUT2D eigenvalue weighted by Crippen LogP contribution is 2.38. The van der Waals surface area contributed by atoms with E-state index in [1.165, 1.54) is 5.01 Å². The third-order valence-corrected chi connectivity index (χ3v) is 5.80. The maximum atomic E-state index is 13.2. The van der Waals surface area contributed by atoms with Crippen LogP contribution in [0.4, 0.5) is 0 Å². The van der Waals surface area contributed by atoms with Crippen LogP contribution < -0.4 is 0 Å².